The molecule has 0 saturated carbocycles. The minimum absolute atomic E-state index is 0. The topological polar surface area (TPSA) is 67.8 Å². The number of rotatable bonds is 9. The Morgan fingerprint density at radius 3 is 2.42 bits per heavy atom. The predicted molar refractivity (Wildman–Crippen MR) is 128 cm³/mol. The van der Waals surface area contributed by atoms with E-state index in [1.165, 1.54) is 0 Å². The Bertz CT molecular complexity index is 846. The Morgan fingerprint density at radius 2 is 1.84 bits per heavy atom. The molecule has 31 heavy (non-hydrogen) atoms. The molecular formula is C20H28F3IN4O2S. The van der Waals surface area contributed by atoms with E-state index in [0.29, 0.717) is 42.2 Å². The van der Waals surface area contributed by atoms with Crippen molar-refractivity contribution in [3.63, 3.8) is 0 Å². The zero-order valence-electron chi connectivity index (χ0n) is 17.9. The van der Waals surface area contributed by atoms with Crippen LogP contribution in [-0.4, -0.2) is 30.7 Å². The highest BCUT2D eigenvalue weighted by Gasteiger charge is 2.33. The third-order valence-electron chi connectivity index (χ3n) is 3.98. The number of aliphatic imine (C=N–C) groups is 1. The molecule has 0 spiro atoms. The molecule has 6 nitrogen and oxygen atoms in total. The lowest BCUT2D eigenvalue weighted by atomic mass is 10.1. The second-order valence-electron chi connectivity index (χ2n) is 6.26. The molecular weight excluding hydrogens is 544 g/mol. The molecule has 0 bridgehead atoms. The van der Waals surface area contributed by atoms with Gasteiger partial charge < -0.3 is 20.1 Å². The van der Waals surface area contributed by atoms with Crippen LogP contribution in [0.25, 0.3) is 0 Å². The van der Waals surface area contributed by atoms with Crippen molar-refractivity contribution in [2.45, 2.75) is 46.5 Å². The third kappa shape index (κ3) is 8.36. The van der Waals surface area contributed by atoms with Crippen molar-refractivity contribution in [3.05, 3.63) is 39.8 Å². The molecule has 0 radical (unpaired) electrons. The molecule has 2 aromatic rings. The maximum atomic E-state index is 12.7. The lowest BCUT2D eigenvalue weighted by Crippen LogP contribution is -2.38. The number of thiazole rings is 1. The number of ether oxygens (including phenoxy) is 2. The number of guanidine groups is 1. The fourth-order valence-corrected chi connectivity index (χ4v) is 3.33. The smallest absolute Gasteiger partial charge is 0.434 e. The Morgan fingerprint density at radius 1 is 1.16 bits per heavy atom. The lowest BCUT2D eigenvalue weighted by Gasteiger charge is -2.20. The Hall–Kier alpha value is -1.76. The maximum absolute atomic E-state index is 12.7. The first-order chi connectivity index (χ1) is 14.3. The molecule has 0 aliphatic carbocycles. The number of hydrogen-bond donors (Lipinski definition) is 2. The summed E-state index contributed by atoms with van der Waals surface area (Å²) in [5.74, 6) is 1.83. The van der Waals surface area contributed by atoms with Crippen LogP contribution in [0.2, 0.25) is 0 Å². The van der Waals surface area contributed by atoms with Crippen LogP contribution in [-0.2, 0) is 12.7 Å². The van der Waals surface area contributed by atoms with E-state index in [1.807, 2.05) is 45.9 Å². The molecule has 1 atom stereocenters. The molecule has 0 saturated heterocycles. The van der Waals surface area contributed by atoms with Gasteiger partial charge in [0.1, 0.15) is 5.01 Å². The molecule has 11 heteroatoms. The van der Waals surface area contributed by atoms with E-state index in [4.69, 9.17) is 9.47 Å². The summed E-state index contributed by atoms with van der Waals surface area (Å²) in [6.07, 6.45) is -4.44. The fraction of sp³-hybridized carbons (Fsp3) is 0.500. The summed E-state index contributed by atoms with van der Waals surface area (Å²) in [5.41, 5.74) is 0.0722. The van der Waals surface area contributed by atoms with E-state index in [-0.39, 0.29) is 36.6 Å². The van der Waals surface area contributed by atoms with Gasteiger partial charge in [-0.25, -0.2) is 9.98 Å². The van der Waals surface area contributed by atoms with Crippen LogP contribution in [0.5, 0.6) is 11.5 Å². The number of alkyl halides is 3. The van der Waals surface area contributed by atoms with Gasteiger partial charge in [0, 0.05) is 11.9 Å². The van der Waals surface area contributed by atoms with Crippen LogP contribution in [0.3, 0.4) is 0 Å². The van der Waals surface area contributed by atoms with Gasteiger partial charge in [-0.2, -0.15) is 13.2 Å². The average Bonchev–Trinajstić information content (AvgIpc) is 3.17. The zero-order valence-corrected chi connectivity index (χ0v) is 21.0. The molecule has 2 rings (SSSR count). The highest BCUT2D eigenvalue weighted by atomic mass is 127. The lowest BCUT2D eigenvalue weighted by molar-refractivity contribution is -0.140. The minimum atomic E-state index is -4.44. The standard InChI is InChI=1S/C20H27F3N4O2S.HI/c1-5-24-19(25-11-18-27-17(12-30-18)20(21,22)23)26-13(4)14-8-9-15(28-6-2)16(10-14)29-7-3;/h8-10,12-13H,5-7,11H2,1-4H3,(H2,24,25,26);1H. The number of halogens is 4. The zero-order chi connectivity index (χ0) is 22.1. The van der Waals surface area contributed by atoms with Crippen LogP contribution in [0.15, 0.2) is 28.6 Å². The molecule has 1 unspecified atom stereocenters. The van der Waals surface area contributed by atoms with Crippen LogP contribution in [0.4, 0.5) is 13.2 Å². The van der Waals surface area contributed by atoms with Gasteiger partial charge in [-0.3, -0.25) is 0 Å². The Kier molecular flexibility index (Phi) is 11.4. The van der Waals surface area contributed by atoms with E-state index in [1.54, 1.807) is 0 Å². The van der Waals surface area contributed by atoms with Crippen molar-refractivity contribution in [3.8, 4) is 11.5 Å². The highest BCUT2D eigenvalue weighted by molar-refractivity contribution is 14.0. The Labute approximate surface area is 201 Å². The summed E-state index contributed by atoms with van der Waals surface area (Å²) in [6.45, 7) is 9.41. The predicted octanol–water partition coefficient (Wildman–Crippen LogP) is 5.39. The molecule has 0 amide bonds. The SMILES string of the molecule is CCNC(=NCc1nc(C(F)(F)F)cs1)NC(C)c1ccc(OCC)c(OCC)c1.I. The summed E-state index contributed by atoms with van der Waals surface area (Å²) in [5, 5.41) is 7.66. The summed E-state index contributed by atoms with van der Waals surface area (Å²) < 4.78 is 49.4. The second-order valence-corrected chi connectivity index (χ2v) is 7.20. The van der Waals surface area contributed by atoms with Crippen molar-refractivity contribution in [1.82, 2.24) is 15.6 Å². The minimum Gasteiger partial charge on any atom is -0.490 e. The van der Waals surface area contributed by atoms with Gasteiger partial charge in [0.15, 0.2) is 23.2 Å². The average molecular weight is 572 g/mol. The molecule has 0 aliphatic heterocycles. The normalized spacial score (nSPS) is 12.7. The van der Waals surface area contributed by atoms with Gasteiger partial charge in [-0.15, -0.1) is 35.3 Å². The van der Waals surface area contributed by atoms with E-state index >= 15 is 0 Å². The summed E-state index contributed by atoms with van der Waals surface area (Å²) in [4.78, 5) is 7.98. The molecule has 1 aromatic carbocycles. The molecule has 0 fully saturated rings. The van der Waals surface area contributed by atoms with Crippen LogP contribution < -0.4 is 20.1 Å². The van der Waals surface area contributed by atoms with Crippen LogP contribution in [0, 0.1) is 0 Å². The first kappa shape index (κ1) is 27.3. The largest absolute Gasteiger partial charge is 0.490 e. The summed E-state index contributed by atoms with van der Waals surface area (Å²) >= 11 is 0.941. The van der Waals surface area contributed by atoms with Gasteiger partial charge in [0.05, 0.1) is 25.8 Å². The fourth-order valence-electron chi connectivity index (χ4n) is 2.61. The molecule has 2 N–H and O–H groups in total. The summed E-state index contributed by atoms with van der Waals surface area (Å²) in [7, 11) is 0. The molecule has 1 heterocycles. The number of nitrogens with zero attached hydrogens (tertiary/aromatic N) is 2. The third-order valence-corrected chi connectivity index (χ3v) is 4.81. The quantitative estimate of drug-likeness (QED) is 0.240. The van der Waals surface area contributed by atoms with E-state index in [9.17, 15) is 13.2 Å². The molecule has 1 aromatic heterocycles. The van der Waals surface area contributed by atoms with Gasteiger partial charge in [0.25, 0.3) is 0 Å². The number of nitrogens with one attached hydrogen (secondary N) is 2. The monoisotopic (exact) mass is 572 g/mol. The van der Waals surface area contributed by atoms with Crippen molar-refractivity contribution >= 4 is 41.3 Å². The van der Waals surface area contributed by atoms with Gasteiger partial charge in [0.2, 0.25) is 0 Å². The highest BCUT2D eigenvalue weighted by Crippen LogP contribution is 2.31. The Balaban J connectivity index is 0.00000480. The van der Waals surface area contributed by atoms with Crippen molar-refractivity contribution in [2.24, 2.45) is 4.99 Å². The first-order valence-electron chi connectivity index (χ1n) is 9.74. The van der Waals surface area contributed by atoms with E-state index in [0.717, 1.165) is 22.3 Å². The van der Waals surface area contributed by atoms with Gasteiger partial charge in [-0.1, -0.05) is 6.07 Å². The second kappa shape index (κ2) is 12.9. The van der Waals surface area contributed by atoms with E-state index < -0.39 is 11.9 Å². The van der Waals surface area contributed by atoms with Gasteiger partial charge in [-0.05, 0) is 45.4 Å². The number of benzene rings is 1. The van der Waals surface area contributed by atoms with Crippen molar-refractivity contribution < 1.29 is 22.6 Å². The summed E-state index contributed by atoms with van der Waals surface area (Å²) in [6, 6.07) is 5.58. The van der Waals surface area contributed by atoms with Crippen molar-refractivity contribution in [1.29, 1.82) is 0 Å². The van der Waals surface area contributed by atoms with E-state index in [2.05, 4.69) is 20.6 Å². The molecule has 174 valence electrons. The molecule has 0 aliphatic rings. The number of hydrogen-bond acceptors (Lipinski definition) is 5. The van der Waals surface area contributed by atoms with Gasteiger partial charge >= 0.3 is 6.18 Å². The first-order valence-corrected chi connectivity index (χ1v) is 10.6. The van der Waals surface area contributed by atoms with Crippen LogP contribution in [0.1, 0.15) is 50.0 Å². The van der Waals surface area contributed by atoms with Crippen molar-refractivity contribution in [2.75, 3.05) is 19.8 Å². The van der Waals surface area contributed by atoms with Crippen LogP contribution >= 0.6 is 35.3 Å². The maximum Gasteiger partial charge on any atom is 0.434 e. The number of aromatic nitrogens is 1.